The molecule has 0 amide bonds. The van der Waals surface area contributed by atoms with Crippen molar-refractivity contribution in [3.05, 3.63) is 28.8 Å². The lowest BCUT2D eigenvalue weighted by atomic mass is 9.95. The average Bonchev–Trinajstić information content (AvgIpc) is 2.45. The van der Waals surface area contributed by atoms with E-state index in [-0.39, 0.29) is 12.6 Å². The molecule has 4 nitrogen and oxygen atoms in total. The third kappa shape index (κ3) is 5.21. The largest absolute Gasteiger partial charge is 0.491 e. The Morgan fingerprint density at radius 1 is 1.38 bits per heavy atom. The van der Waals surface area contributed by atoms with Gasteiger partial charge in [0.2, 0.25) is 0 Å². The smallest absolute Gasteiger partial charge is 0.314 e. The summed E-state index contributed by atoms with van der Waals surface area (Å²) in [6, 6.07) is 5.64. The Balaban J connectivity index is 2.79. The molecule has 0 aliphatic rings. The van der Waals surface area contributed by atoms with Gasteiger partial charge in [0.25, 0.3) is 0 Å². The van der Waals surface area contributed by atoms with Crippen molar-refractivity contribution in [1.29, 1.82) is 0 Å². The van der Waals surface area contributed by atoms with Gasteiger partial charge in [0.15, 0.2) is 0 Å². The number of para-hydroxylation sites is 1. The molecule has 0 unspecified atom stereocenters. The van der Waals surface area contributed by atoms with Crippen LogP contribution in [0.25, 0.3) is 0 Å². The van der Waals surface area contributed by atoms with Crippen molar-refractivity contribution >= 4 is 17.6 Å². The number of methoxy groups -OCH3 is 1. The van der Waals surface area contributed by atoms with Crippen LogP contribution in [0.15, 0.2) is 18.2 Å². The summed E-state index contributed by atoms with van der Waals surface area (Å²) in [7, 11) is 1.37. The lowest BCUT2D eigenvalue weighted by Crippen LogP contribution is -2.32. The van der Waals surface area contributed by atoms with Crippen LogP contribution in [0.4, 0.5) is 0 Å². The molecule has 0 atom stereocenters. The molecule has 1 aromatic rings. The predicted octanol–water partition coefficient (Wildman–Crippen LogP) is 3.42. The lowest BCUT2D eigenvalue weighted by molar-refractivity contribution is -0.152. The number of hydrogen-bond acceptors (Lipinski definition) is 4. The molecule has 0 spiro atoms. The van der Waals surface area contributed by atoms with Gasteiger partial charge in [0, 0.05) is 12.1 Å². The first-order valence-electron chi connectivity index (χ1n) is 7.11. The Morgan fingerprint density at radius 2 is 2.10 bits per heavy atom. The van der Waals surface area contributed by atoms with Crippen LogP contribution in [-0.4, -0.2) is 26.2 Å². The minimum atomic E-state index is -0.720. The number of hydrogen-bond donors (Lipinski definition) is 1. The van der Waals surface area contributed by atoms with Gasteiger partial charge in [-0.1, -0.05) is 30.7 Å². The summed E-state index contributed by atoms with van der Waals surface area (Å²) in [5.74, 6) is 0.319. The number of benzene rings is 1. The van der Waals surface area contributed by atoms with Crippen molar-refractivity contribution in [2.75, 3.05) is 20.3 Å². The van der Waals surface area contributed by atoms with Crippen LogP contribution >= 0.6 is 11.6 Å². The second kappa shape index (κ2) is 8.25. The fraction of sp³-hybridized carbons (Fsp3) is 0.562. The summed E-state index contributed by atoms with van der Waals surface area (Å²) >= 11 is 6.22. The highest BCUT2D eigenvalue weighted by molar-refractivity contribution is 6.32. The molecule has 0 bridgehead atoms. The fourth-order valence-corrected chi connectivity index (χ4v) is 2.09. The van der Waals surface area contributed by atoms with E-state index in [1.54, 1.807) is 19.9 Å². The molecule has 0 aliphatic carbocycles. The molecular weight excluding hydrogens is 290 g/mol. The molecule has 0 aliphatic heterocycles. The topological polar surface area (TPSA) is 47.6 Å². The molecule has 0 radical (unpaired) electrons. The van der Waals surface area contributed by atoms with Gasteiger partial charge >= 0.3 is 5.97 Å². The van der Waals surface area contributed by atoms with Crippen molar-refractivity contribution in [2.45, 2.75) is 33.7 Å². The van der Waals surface area contributed by atoms with E-state index in [4.69, 9.17) is 21.1 Å². The maximum Gasteiger partial charge on any atom is 0.314 e. The van der Waals surface area contributed by atoms with Crippen LogP contribution in [0.5, 0.6) is 5.75 Å². The average molecular weight is 314 g/mol. The molecule has 21 heavy (non-hydrogen) atoms. The van der Waals surface area contributed by atoms with E-state index >= 15 is 0 Å². The van der Waals surface area contributed by atoms with Crippen LogP contribution < -0.4 is 10.1 Å². The zero-order valence-corrected chi connectivity index (χ0v) is 13.9. The van der Waals surface area contributed by atoms with Crippen LogP contribution in [0.3, 0.4) is 0 Å². The Morgan fingerprint density at radius 3 is 2.71 bits per heavy atom. The molecule has 1 N–H and O–H groups in total. The van der Waals surface area contributed by atoms with Crippen LogP contribution in [0, 0.1) is 5.41 Å². The Kier molecular flexibility index (Phi) is 6.99. The molecule has 0 fully saturated rings. The minimum Gasteiger partial charge on any atom is -0.491 e. The van der Waals surface area contributed by atoms with Gasteiger partial charge in [0.1, 0.15) is 12.4 Å². The van der Waals surface area contributed by atoms with E-state index in [0.29, 0.717) is 17.3 Å². The molecule has 0 saturated carbocycles. The number of carbonyl (C=O) groups is 1. The summed E-state index contributed by atoms with van der Waals surface area (Å²) in [4.78, 5) is 11.7. The molecule has 0 aromatic heterocycles. The van der Waals surface area contributed by atoms with Crippen molar-refractivity contribution < 1.29 is 14.3 Å². The Bertz CT molecular complexity index is 475. The predicted molar refractivity (Wildman–Crippen MR) is 84.7 cm³/mol. The summed E-state index contributed by atoms with van der Waals surface area (Å²) in [5.41, 5.74) is 0.263. The van der Waals surface area contributed by atoms with E-state index in [0.717, 1.165) is 18.5 Å². The molecule has 0 heterocycles. The van der Waals surface area contributed by atoms with Crippen molar-refractivity contribution in [3.63, 3.8) is 0 Å². The van der Waals surface area contributed by atoms with Crippen LogP contribution in [0.2, 0.25) is 5.02 Å². The zero-order valence-electron chi connectivity index (χ0n) is 13.2. The fourth-order valence-electron chi connectivity index (χ4n) is 1.84. The molecule has 5 heteroatoms. The van der Waals surface area contributed by atoms with E-state index in [1.807, 2.05) is 12.1 Å². The van der Waals surface area contributed by atoms with E-state index in [1.165, 1.54) is 7.11 Å². The van der Waals surface area contributed by atoms with Crippen LogP contribution in [-0.2, 0) is 16.1 Å². The standard InChI is InChI=1S/C16H24ClNO3/c1-5-9-18-10-12-7-6-8-13(17)14(12)21-11-16(2,3)15(19)20-4/h6-8,18H,5,9-11H2,1-4H3. The Labute approximate surface area is 131 Å². The number of ether oxygens (including phenoxy) is 2. The molecular formula is C16H24ClNO3. The van der Waals surface area contributed by atoms with Gasteiger partial charge in [-0.15, -0.1) is 0 Å². The van der Waals surface area contributed by atoms with Crippen molar-refractivity contribution in [2.24, 2.45) is 5.41 Å². The van der Waals surface area contributed by atoms with Crippen LogP contribution in [0.1, 0.15) is 32.8 Å². The first kappa shape index (κ1) is 17.8. The van der Waals surface area contributed by atoms with Gasteiger partial charge in [-0.25, -0.2) is 0 Å². The number of halogens is 1. The monoisotopic (exact) mass is 313 g/mol. The number of nitrogens with one attached hydrogen (secondary N) is 1. The van der Waals surface area contributed by atoms with E-state index < -0.39 is 5.41 Å². The SMILES string of the molecule is CCCNCc1cccc(Cl)c1OCC(C)(C)C(=O)OC. The molecule has 1 rings (SSSR count). The summed E-state index contributed by atoms with van der Waals surface area (Å²) in [6.45, 7) is 7.50. The zero-order chi connectivity index (χ0) is 15.9. The summed E-state index contributed by atoms with van der Waals surface area (Å²) < 4.78 is 10.6. The summed E-state index contributed by atoms with van der Waals surface area (Å²) in [6.07, 6.45) is 1.06. The first-order valence-corrected chi connectivity index (χ1v) is 7.49. The third-order valence-corrected chi connectivity index (χ3v) is 3.40. The van der Waals surface area contributed by atoms with Gasteiger partial charge in [-0.3, -0.25) is 4.79 Å². The molecule has 1 aromatic carbocycles. The van der Waals surface area contributed by atoms with Crippen molar-refractivity contribution in [3.8, 4) is 5.75 Å². The molecule has 118 valence electrons. The quantitative estimate of drug-likeness (QED) is 0.590. The van der Waals surface area contributed by atoms with E-state index in [2.05, 4.69) is 12.2 Å². The minimum absolute atomic E-state index is 0.212. The maximum atomic E-state index is 11.7. The van der Waals surface area contributed by atoms with Crippen molar-refractivity contribution in [1.82, 2.24) is 5.32 Å². The normalized spacial score (nSPS) is 11.3. The lowest BCUT2D eigenvalue weighted by Gasteiger charge is -2.23. The summed E-state index contributed by atoms with van der Waals surface area (Å²) in [5, 5.41) is 3.87. The number of carbonyl (C=O) groups excluding carboxylic acids is 1. The first-order chi connectivity index (χ1) is 9.92. The van der Waals surface area contributed by atoms with Gasteiger partial charge in [-0.2, -0.15) is 0 Å². The second-order valence-electron chi connectivity index (χ2n) is 5.57. The highest BCUT2D eigenvalue weighted by atomic mass is 35.5. The Hall–Kier alpha value is -1.26. The molecule has 0 saturated heterocycles. The maximum absolute atomic E-state index is 11.7. The van der Waals surface area contributed by atoms with E-state index in [9.17, 15) is 4.79 Å². The third-order valence-electron chi connectivity index (χ3n) is 3.11. The highest BCUT2D eigenvalue weighted by Crippen LogP contribution is 2.30. The second-order valence-corrected chi connectivity index (χ2v) is 5.98. The number of esters is 1. The number of rotatable bonds is 8. The highest BCUT2D eigenvalue weighted by Gasteiger charge is 2.30. The van der Waals surface area contributed by atoms with Gasteiger partial charge in [0.05, 0.1) is 17.5 Å². The van der Waals surface area contributed by atoms with Gasteiger partial charge in [-0.05, 0) is 32.9 Å². The van der Waals surface area contributed by atoms with Gasteiger partial charge < -0.3 is 14.8 Å².